The lowest BCUT2D eigenvalue weighted by Crippen LogP contribution is -2.15. The molecule has 0 saturated heterocycles. The largest absolute Gasteiger partial charge is 0.207 e. The minimum Gasteiger partial charge on any atom is -0.207 e. The van der Waals surface area contributed by atoms with E-state index in [2.05, 4.69) is 30.9 Å². The van der Waals surface area contributed by atoms with Crippen molar-refractivity contribution in [1.82, 2.24) is 0 Å². The van der Waals surface area contributed by atoms with Gasteiger partial charge < -0.3 is 0 Å². The van der Waals surface area contributed by atoms with Gasteiger partial charge in [-0.15, -0.1) is 0 Å². The molecule has 21 heavy (non-hydrogen) atoms. The zero-order valence-electron chi connectivity index (χ0n) is 12.3. The van der Waals surface area contributed by atoms with Crippen molar-refractivity contribution < 1.29 is 4.39 Å². The van der Waals surface area contributed by atoms with Gasteiger partial charge in [-0.3, -0.25) is 0 Å². The topological polar surface area (TPSA) is 0 Å². The standard InChI is InChI=1S/C19H23FS/c20-18-10-6-16(7-11-18)14-2-1-3-15(5-4-14)17-8-12-19(21)13-9-17/h3-7,10-11,14,17,19,21H,1-2,8-9,12-13H2. The molecule has 0 spiro atoms. The maximum atomic E-state index is 13.0. The molecule has 0 nitrogen and oxygen atoms in total. The van der Waals surface area contributed by atoms with Crippen molar-refractivity contribution in [3.8, 4) is 0 Å². The zero-order chi connectivity index (χ0) is 14.7. The molecule has 1 fully saturated rings. The highest BCUT2D eigenvalue weighted by molar-refractivity contribution is 7.80. The Morgan fingerprint density at radius 2 is 1.67 bits per heavy atom. The molecule has 1 atom stereocenters. The molecule has 0 heterocycles. The van der Waals surface area contributed by atoms with Crippen LogP contribution in [0.25, 0.3) is 0 Å². The van der Waals surface area contributed by atoms with E-state index in [-0.39, 0.29) is 5.82 Å². The Morgan fingerprint density at radius 1 is 0.952 bits per heavy atom. The van der Waals surface area contributed by atoms with Gasteiger partial charge in [-0.2, -0.15) is 12.6 Å². The van der Waals surface area contributed by atoms with Crippen LogP contribution in [0.4, 0.5) is 4.39 Å². The van der Waals surface area contributed by atoms with Crippen molar-refractivity contribution in [3.63, 3.8) is 0 Å². The van der Waals surface area contributed by atoms with Gasteiger partial charge in [0.15, 0.2) is 0 Å². The summed E-state index contributed by atoms with van der Waals surface area (Å²) in [6, 6.07) is 6.97. The Labute approximate surface area is 132 Å². The second kappa shape index (κ2) is 6.83. The van der Waals surface area contributed by atoms with E-state index in [4.69, 9.17) is 0 Å². The highest BCUT2D eigenvalue weighted by Crippen LogP contribution is 2.35. The monoisotopic (exact) mass is 302 g/mol. The van der Waals surface area contributed by atoms with Crippen LogP contribution in [0.3, 0.4) is 0 Å². The average Bonchev–Trinajstić information content (AvgIpc) is 2.75. The van der Waals surface area contributed by atoms with Gasteiger partial charge in [0, 0.05) is 11.2 Å². The first kappa shape index (κ1) is 14.9. The van der Waals surface area contributed by atoms with Crippen LogP contribution in [0.5, 0.6) is 0 Å². The highest BCUT2D eigenvalue weighted by Gasteiger charge is 2.22. The summed E-state index contributed by atoms with van der Waals surface area (Å²) in [6.45, 7) is 0. The van der Waals surface area contributed by atoms with Crippen molar-refractivity contribution >= 4 is 12.6 Å². The van der Waals surface area contributed by atoms with Gasteiger partial charge in [0.1, 0.15) is 5.82 Å². The Balaban J connectivity index is 1.68. The Morgan fingerprint density at radius 3 is 2.38 bits per heavy atom. The van der Waals surface area contributed by atoms with Gasteiger partial charge in [0.2, 0.25) is 0 Å². The second-order valence-electron chi connectivity index (χ2n) is 6.30. The SMILES string of the molecule is Fc1ccc(C2C=CC(C3CCC(S)CC3)=CCC2)cc1. The van der Waals surface area contributed by atoms with Crippen molar-refractivity contribution in [3.05, 3.63) is 59.4 Å². The van der Waals surface area contributed by atoms with Crippen LogP contribution in [0.2, 0.25) is 0 Å². The van der Waals surface area contributed by atoms with Crippen molar-refractivity contribution in [2.75, 3.05) is 0 Å². The van der Waals surface area contributed by atoms with E-state index in [1.807, 2.05) is 12.1 Å². The number of hydrogen-bond donors (Lipinski definition) is 1. The first-order valence-electron chi connectivity index (χ1n) is 8.04. The lowest BCUT2D eigenvalue weighted by Gasteiger charge is -2.26. The van der Waals surface area contributed by atoms with Crippen LogP contribution in [0, 0.1) is 11.7 Å². The summed E-state index contributed by atoms with van der Waals surface area (Å²) in [4.78, 5) is 0. The average molecular weight is 302 g/mol. The summed E-state index contributed by atoms with van der Waals surface area (Å²) in [7, 11) is 0. The van der Waals surface area contributed by atoms with Crippen molar-refractivity contribution in [2.24, 2.45) is 5.92 Å². The molecule has 0 N–H and O–H groups in total. The van der Waals surface area contributed by atoms with E-state index in [1.54, 1.807) is 12.1 Å². The van der Waals surface area contributed by atoms with Gasteiger partial charge in [-0.1, -0.05) is 30.4 Å². The van der Waals surface area contributed by atoms with Gasteiger partial charge in [-0.25, -0.2) is 4.39 Å². The molecule has 2 aliphatic carbocycles. The third kappa shape index (κ3) is 3.79. The molecular weight excluding hydrogens is 279 g/mol. The summed E-state index contributed by atoms with van der Waals surface area (Å²) >= 11 is 4.59. The van der Waals surface area contributed by atoms with Gasteiger partial charge >= 0.3 is 0 Å². The fourth-order valence-corrected chi connectivity index (χ4v) is 3.82. The summed E-state index contributed by atoms with van der Waals surface area (Å²) in [5.74, 6) is 0.982. The lowest BCUT2D eigenvalue weighted by atomic mass is 9.83. The maximum Gasteiger partial charge on any atom is 0.123 e. The first-order chi connectivity index (χ1) is 10.2. The number of benzene rings is 1. The summed E-state index contributed by atoms with van der Waals surface area (Å²) in [5, 5.41) is 0.601. The number of thiol groups is 1. The van der Waals surface area contributed by atoms with Crippen LogP contribution in [0.15, 0.2) is 48.1 Å². The fraction of sp³-hybridized carbons (Fsp3) is 0.474. The molecule has 1 saturated carbocycles. The number of hydrogen-bond acceptors (Lipinski definition) is 1. The molecule has 1 unspecified atom stereocenters. The number of allylic oxidation sites excluding steroid dienone is 4. The normalized spacial score (nSPS) is 29.8. The fourth-order valence-electron chi connectivity index (χ4n) is 3.52. The predicted octanol–water partition coefficient (Wildman–Crippen LogP) is 5.67. The van der Waals surface area contributed by atoms with Crippen LogP contribution in [0.1, 0.15) is 50.0 Å². The Hall–Kier alpha value is -1.02. The molecule has 3 rings (SSSR count). The van der Waals surface area contributed by atoms with Crippen LogP contribution < -0.4 is 0 Å². The quantitative estimate of drug-likeness (QED) is 0.668. The van der Waals surface area contributed by atoms with E-state index in [0.29, 0.717) is 11.2 Å². The molecule has 2 aliphatic rings. The zero-order valence-corrected chi connectivity index (χ0v) is 13.2. The molecule has 0 radical (unpaired) electrons. The van der Waals surface area contributed by atoms with E-state index >= 15 is 0 Å². The van der Waals surface area contributed by atoms with E-state index in [1.165, 1.54) is 36.8 Å². The summed E-state index contributed by atoms with van der Waals surface area (Å²) in [6.07, 6.45) is 14.3. The summed E-state index contributed by atoms with van der Waals surface area (Å²) < 4.78 is 13.0. The number of rotatable bonds is 2. The summed E-state index contributed by atoms with van der Waals surface area (Å²) in [5.41, 5.74) is 2.74. The van der Waals surface area contributed by atoms with E-state index in [9.17, 15) is 4.39 Å². The molecule has 0 amide bonds. The molecule has 1 aromatic carbocycles. The molecule has 0 aliphatic heterocycles. The molecule has 2 heteroatoms. The smallest absolute Gasteiger partial charge is 0.123 e. The molecule has 1 aromatic rings. The Kier molecular flexibility index (Phi) is 4.84. The van der Waals surface area contributed by atoms with E-state index in [0.717, 1.165) is 18.8 Å². The maximum absolute atomic E-state index is 13.0. The van der Waals surface area contributed by atoms with Crippen molar-refractivity contribution in [2.45, 2.75) is 49.7 Å². The molecule has 112 valence electrons. The highest BCUT2D eigenvalue weighted by atomic mass is 32.1. The Bertz CT molecular complexity index is 521. The molecule has 0 aromatic heterocycles. The minimum absolute atomic E-state index is 0.154. The number of halogens is 1. The molecule has 0 bridgehead atoms. The van der Waals surface area contributed by atoms with Gasteiger partial charge in [0.05, 0.1) is 0 Å². The first-order valence-corrected chi connectivity index (χ1v) is 8.56. The lowest BCUT2D eigenvalue weighted by molar-refractivity contribution is 0.417. The van der Waals surface area contributed by atoms with Crippen LogP contribution in [-0.4, -0.2) is 5.25 Å². The van der Waals surface area contributed by atoms with Gasteiger partial charge in [-0.05, 0) is 67.7 Å². The minimum atomic E-state index is -0.154. The van der Waals surface area contributed by atoms with Crippen LogP contribution >= 0.6 is 12.6 Å². The van der Waals surface area contributed by atoms with E-state index < -0.39 is 0 Å². The molecular formula is C19H23FS. The van der Waals surface area contributed by atoms with Crippen molar-refractivity contribution in [1.29, 1.82) is 0 Å². The van der Waals surface area contributed by atoms with Gasteiger partial charge in [0.25, 0.3) is 0 Å². The second-order valence-corrected chi connectivity index (χ2v) is 7.03. The third-order valence-corrected chi connectivity index (χ3v) is 5.36. The third-order valence-electron chi connectivity index (χ3n) is 4.84. The van der Waals surface area contributed by atoms with Crippen LogP contribution in [-0.2, 0) is 0 Å². The predicted molar refractivity (Wildman–Crippen MR) is 90.3 cm³/mol.